The summed E-state index contributed by atoms with van der Waals surface area (Å²) in [4.78, 5) is 13.4. The second-order valence-electron chi connectivity index (χ2n) is 9.23. The number of aromatic nitrogens is 2. The number of hydrogen-bond donors (Lipinski definition) is 0. The van der Waals surface area contributed by atoms with Crippen molar-refractivity contribution in [3.8, 4) is 0 Å². The molecule has 0 fully saturated rings. The van der Waals surface area contributed by atoms with Gasteiger partial charge in [0.05, 0.1) is 0 Å². The van der Waals surface area contributed by atoms with Crippen LogP contribution >= 0.6 is 0 Å². The molecule has 0 bridgehead atoms. The number of rotatable bonds is 8. The summed E-state index contributed by atoms with van der Waals surface area (Å²) < 4.78 is 0. The molecule has 0 aliphatic heterocycles. The summed E-state index contributed by atoms with van der Waals surface area (Å²) >= 11 is 0. The fraction of sp³-hybridized carbons (Fsp3) is 0. The van der Waals surface area contributed by atoms with Gasteiger partial charge in [-0.15, -0.1) is 0 Å². The van der Waals surface area contributed by atoms with E-state index in [9.17, 15) is 0 Å². The second-order valence-corrected chi connectivity index (χ2v) is 9.23. The maximum atomic E-state index is 4.56. The van der Waals surface area contributed by atoms with Crippen molar-refractivity contribution < 1.29 is 0 Å². The first-order valence-electron chi connectivity index (χ1n) is 13.3. The standard InChI is InChI=1S/C36H28N4/c1-3-11-31(12-4-1)39(32-13-5-2-6-14-32)33-23-19-29(20-24-33)17-18-30-21-25-34(26-22-30)40(35-15-7-9-27-37-35)36-16-8-10-28-38-36/h1-28H/b18-17+. The Labute approximate surface area is 235 Å². The molecule has 4 heteroatoms. The fourth-order valence-corrected chi connectivity index (χ4v) is 4.62. The molecule has 192 valence electrons. The molecule has 0 unspecified atom stereocenters. The lowest BCUT2D eigenvalue weighted by molar-refractivity contribution is 1.12. The van der Waals surface area contributed by atoms with Gasteiger partial charge in [0.15, 0.2) is 0 Å². The Morgan fingerprint density at radius 2 is 0.725 bits per heavy atom. The van der Waals surface area contributed by atoms with E-state index in [1.165, 1.54) is 0 Å². The van der Waals surface area contributed by atoms with Gasteiger partial charge in [0.1, 0.15) is 11.6 Å². The molecule has 4 nitrogen and oxygen atoms in total. The van der Waals surface area contributed by atoms with E-state index in [1.54, 1.807) is 12.4 Å². The van der Waals surface area contributed by atoms with Crippen LogP contribution in [0.3, 0.4) is 0 Å². The zero-order valence-corrected chi connectivity index (χ0v) is 22.0. The highest BCUT2D eigenvalue weighted by Crippen LogP contribution is 2.34. The van der Waals surface area contributed by atoms with Crippen LogP contribution in [0, 0.1) is 0 Å². The normalized spacial score (nSPS) is 10.9. The smallest absolute Gasteiger partial charge is 0.138 e. The predicted molar refractivity (Wildman–Crippen MR) is 167 cm³/mol. The molecule has 0 saturated heterocycles. The van der Waals surface area contributed by atoms with E-state index in [-0.39, 0.29) is 0 Å². The second kappa shape index (κ2) is 11.9. The van der Waals surface area contributed by atoms with Crippen molar-refractivity contribution >= 4 is 46.5 Å². The number of anilines is 6. The predicted octanol–water partition coefficient (Wildman–Crippen LogP) is 9.59. The minimum absolute atomic E-state index is 0.824. The number of pyridine rings is 2. The van der Waals surface area contributed by atoms with E-state index in [0.717, 1.165) is 45.5 Å². The molecule has 40 heavy (non-hydrogen) atoms. The van der Waals surface area contributed by atoms with Crippen LogP contribution in [0.15, 0.2) is 158 Å². The van der Waals surface area contributed by atoms with Gasteiger partial charge in [-0.3, -0.25) is 4.90 Å². The van der Waals surface area contributed by atoms with Gasteiger partial charge >= 0.3 is 0 Å². The molecule has 2 aromatic heterocycles. The molecule has 6 aromatic rings. The van der Waals surface area contributed by atoms with Gasteiger partial charge < -0.3 is 4.90 Å². The summed E-state index contributed by atoms with van der Waals surface area (Å²) in [6.45, 7) is 0. The molecule has 0 aliphatic carbocycles. The van der Waals surface area contributed by atoms with Crippen LogP contribution in [0.25, 0.3) is 12.2 Å². The van der Waals surface area contributed by atoms with E-state index in [1.807, 2.05) is 48.5 Å². The first kappa shape index (κ1) is 24.8. The van der Waals surface area contributed by atoms with Crippen LogP contribution in [0.4, 0.5) is 34.4 Å². The lowest BCUT2D eigenvalue weighted by Gasteiger charge is -2.25. The Hall–Kier alpha value is -5.48. The Morgan fingerprint density at radius 1 is 0.350 bits per heavy atom. The van der Waals surface area contributed by atoms with Crippen molar-refractivity contribution in [1.29, 1.82) is 0 Å². The van der Waals surface area contributed by atoms with Crippen LogP contribution in [-0.4, -0.2) is 9.97 Å². The van der Waals surface area contributed by atoms with Crippen molar-refractivity contribution in [3.63, 3.8) is 0 Å². The van der Waals surface area contributed by atoms with Gasteiger partial charge in [-0.1, -0.05) is 84.9 Å². The Balaban J connectivity index is 1.22. The number of para-hydroxylation sites is 2. The Bertz CT molecular complexity index is 1440. The van der Waals surface area contributed by atoms with Gasteiger partial charge in [0.2, 0.25) is 0 Å². The van der Waals surface area contributed by atoms with E-state index in [4.69, 9.17) is 0 Å². The molecular formula is C36H28N4. The molecule has 0 saturated carbocycles. The van der Waals surface area contributed by atoms with Crippen LogP contribution in [0.1, 0.15) is 11.1 Å². The molecule has 6 rings (SSSR count). The van der Waals surface area contributed by atoms with Crippen molar-refractivity contribution in [1.82, 2.24) is 9.97 Å². The van der Waals surface area contributed by atoms with Gasteiger partial charge in [-0.05, 0) is 83.9 Å². The highest BCUT2D eigenvalue weighted by Gasteiger charge is 2.14. The SMILES string of the molecule is C(=C\c1ccc(N(c2ccccn2)c2ccccn2)cc1)/c1ccc(N(c2ccccc2)c2ccccc2)cc1. The van der Waals surface area contributed by atoms with Crippen molar-refractivity contribution in [3.05, 3.63) is 169 Å². The molecule has 0 aliphatic rings. The summed E-state index contributed by atoms with van der Waals surface area (Å²) in [7, 11) is 0. The number of benzene rings is 4. The molecule has 0 N–H and O–H groups in total. The van der Waals surface area contributed by atoms with Gasteiger partial charge in [-0.25, -0.2) is 9.97 Å². The van der Waals surface area contributed by atoms with Crippen molar-refractivity contribution in [2.24, 2.45) is 0 Å². The third-order valence-electron chi connectivity index (χ3n) is 6.56. The third-order valence-corrected chi connectivity index (χ3v) is 6.56. The lowest BCUT2D eigenvalue weighted by atomic mass is 10.1. The van der Waals surface area contributed by atoms with Crippen molar-refractivity contribution in [2.45, 2.75) is 0 Å². The summed E-state index contributed by atoms with van der Waals surface area (Å²) in [6, 6.07) is 49.8. The van der Waals surface area contributed by atoms with Gasteiger partial charge in [0.25, 0.3) is 0 Å². The van der Waals surface area contributed by atoms with E-state index in [2.05, 4.69) is 129 Å². The number of nitrogens with zero attached hydrogens (tertiary/aromatic N) is 4. The lowest BCUT2D eigenvalue weighted by Crippen LogP contribution is -2.12. The maximum absolute atomic E-state index is 4.56. The van der Waals surface area contributed by atoms with E-state index in [0.29, 0.717) is 0 Å². The maximum Gasteiger partial charge on any atom is 0.138 e. The first-order chi connectivity index (χ1) is 19.8. The monoisotopic (exact) mass is 516 g/mol. The zero-order valence-electron chi connectivity index (χ0n) is 22.0. The van der Waals surface area contributed by atoms with Crippen LogP contribution in [0.5, 0.6) is 0 Å². The van der Waals surface area contributed by atoms with Gasteiger partial charge in [0, 0.05) is 35.1 Å². The average Bonchev–Trinajstić information content (AvgIpc) is 3.04. The molecule has 0 amide bonds. The highest BCUT2D eigenvalue weighted by atomic mass is 15.2. The molecule has 0 spiro atoms. The Kier molecular flexibility index (Phi) is 7.40. The molecule has 0 radical (unpaired) electrons. The quantitative estimate of drug-likeness (QED) is 0.189. The van der Waals surface area contributed by atoms with E-state index < -0.39 is 0 Å². The Morgan fingerprint density at radius 3 is 1.12 bits per heavy atom. The van der Waals surface area contributed by atoms with Crippen LogP contribution in [-0.2, 0) is 0 Å². The summed E-state index contributed by atoms with van der Waals surface area (Å²) in [6.07, 6.45) is 7.87. The molecule has 0 atom stereocenters. The average molecular weight is 517 g/mol. The zero-order chi connectivity index (χ0) is 27.0. The van der Waals surface area contributed by atoms with Crippen molar-refractivity contribution in [2.75, 3.05) is 9.80 Å². The minimum Gasteiger partial charge on any atom is -0.311 e. The molecular weight excluding hydrogens is 488 g/mol. The van der Waals surface area contributed by atoms with Crippen LogP contribution < -0.4 is 9.80 Å². The molecule has 4 aromatic carbocycles. The minimum atomic E-state index is 0.824. The van der Waals surface area contributed by atoms with Crippen LogP contribution in [0.2, 0.25) is 0 Å². The highest BCUT2D eigenvalue weighted by molar-refractivity contribution is 5.79. The van der Waals surface area contributed by atoms with Gasteiger partial charge in [-0.2, -0.15) is 0 Å². The third kappa shape index (κ3) is 5.66. The topological polar surface area (TPSA) is 32.3 Å². The fourth-order valence-electron chi connectivity index (χ4n) is 4.62. The number of hydrogen-bond acceptors (Lipinski definition) is 4. The molecule has 2 heterocycles. The first-order valence-corrected chi connectivity index (χ1v) is 13.3. The summed E-state index contributed by atoms with van der Waals surface area (Å²) in [5.74, 6) is 1.65. The largest absolute Gasteiger partial charge is 0.311 e. The summed E-state index contributed by atoms with van der Waals surface area (Å²) in [5.41, 5.74) is 6.62. The summed E-state index contributed by atoms with van der Waals surface area (Å²) in [5, 5.41) is 0. The van der Waals surface area contributed by atoms with E-state index >= 15 is 0 Å².